The number of aryl methyl sites for hydroxylation is 1. The van der Waals surface area contributed by atoms with Crippen LogP contribution in [0.3, 0.4) is 0 Å². The largest absolute Gasteiger partial charge is 0.385 e. The quantitative estimate of drug-likeness (QED) is 0.250. The molecule has 4 aromatic rings. The van der Waals surface area contributed by atoms with E-state index in [4.69, 9.17) is 10.1 Å². The summed E-state index contributed by atoms with van der Waals surface area (Å²) in [4.78, 5) is 7.29. The molecule has 182 valence electrons. The lowest BCUT2D eigenvalue weighted by molar-refractivity contribution is 0.334. The van der Waals surface area contributed by atoms with Crippen molar-refractivity contribution in [3.8, 4) is 11.3 Å². The molecular formula is C29H36N6. The number of anilines is 3. The molecule has 1 aliphatic rings. The molecule has 0 amide bonds. The summed E-state index contributed by atoms with van der Waals surface area (Å²) in [6.07, 6.45) is 7.42. The monoisotopic (exact) mass is 468 g/mol. The van der Waals surface area contributed by atoms with E-state index in [-0.39, 0.29) is 0 Å². The number of likely N-dealkylation sites (tertiary alicyclic amines) is 1. The van der Waals surface area contributed by atoms with Crippen LogP contribution in [-0.4, -0.2) is 45.7 Å². The Balaban J connectivity index is 1.25. The Kier molecular flexibility index (Phi) is 7.59. The van der Waals surface area contributed by atoms with Gasteiger partial charge in [-0.25, -0.2) is 4.52 Å². The van der Waals surface area contributed by atoms with Gasteiger partial charge in [-0.1, -0.05) is 43.7 Å². The maximum atomic E-state index is 4.77. The second kappa shape index (κ2) is 11.4. The maximum Gasteiger partial charge on any atom is 0.247 e. The molecule has 1 fully saturated rings. The summed E-state index contributed by atoms with van der Waals surface area (Å²) in [5, 5.41) is 11.7. The van der Waals surface area contributed by atoms with Gasteiger partial charge in [-0.05, 0) is 93.7 Å². The predicted molar refractivity (Wildman–Crippen MR) is 146 cm³/mol. The van der Waals surface area contributed by atoms with Crippen molar-refractivity contribution < 1.29 is 0 Å². The number of nitrogens with zero attached hydrogens (tertiary/aromatic N) is 4. The number of hydrogen-bond donors (Lipinski definition) is 2. The van der Waals surface area contributed by atoms with E-state index >= 15 is 0 Å². The highest BCUT2D eigenvalue weighted by atomic mass is 15.4. The Labute approximate surface area is 208 Å². The molecule has 0 radical (unpaired) electrons. The van der Waals surface area contributed by atoms with Crippen LogP contribution in [0.5, 0.6) is 0 Å². The van der Waals surface area contributed by atoms with Crippen molar-refractivity contribution in [1.82, 2.24) is 19.5 Å². The Morgan fingerprint density at radius 1 is 0.886 bits per heavy atom. The molecule has 2 N–H and O–H groups in total. The van der Waals surface area contributed by atoms with Crippen LogP contribution in [0.2, 0.25) is 0 Å². The first-order valence-corrected chi connectivity index (χ1v) is 13.1. The van der Waals surface area contributed by atoms with Crippen LogP contribution in [0.15, 0.2) is 66.7 Å². The van der Waals surface area contributed by atoms with Crippen molar-refractivity contribution in [2.45, 2.75) is 45.4 Å². The third-order valence-electron chi connectivity index (χ3n) is 6.73. The number of benzene rings is 2. The van der Waals surface area contributed by atoms with Gasteiger partial charge in [-0.15, -0.1) is 5.10 Å². The highest BCUT2D eigenvalue weighted by Gasteiger charge is 2.11. The third-order valence-corrected chi connectivity index (χ3v) is 6.73. The van der Waals surface area contributed by atoms with Gasteiger partial charge in [0, 0.05) is 23.5 Å². The highest BCUT2D eigenvalue weighted by Crippen LogP contribution is 2.25. The number of hydrogen-bond acceptors (Lipinski definition) is 5. The summed E-state index contributed by atoms with van der Waals surface area (Å²) in [6, 6.07) is 23.3. The van der Waals surface area contributed by atoms with Crippen molar-refractivity contribution >= 4 is 23.0 Å². The topological polar surface area (TPSA) is 57.5 Å². The fraction of sp³-hybridized carbons (Fsp3) is 0.379. The molecular weight excluding hydrogens is 432 g/mol. The van der Waals surface area contributed by atoms with Crippen LogP contribution in [0, 0.1) is 0 Å². The summed E-state index contributed by atoms with van der Waals surface area (Å²) in [5.41, 5.74) is 6.49. The van der Waals surface area contributed by atoms with E-state index in [1.54, 1.807) is 0 Å². The Morgan fingerprint density at radius 3 is 2.54 bits per heavy atom. The molecule has 6 nitrogen and oxygen atoms in total. The molecule has 0 unspecified atom stereocenters. The minimum Gasteiger partial charge on any atom is -0.385 e. The van der Waals surface area contributed by atoms with Gasteiger partial charge >= 0.3 is 0 Å². The van der Waals surface area contributed by atoms with Gasteiger partial charge in [0.1, 0.15) is 0 Å². The first kappa shape index (κ1) is 23.4. The van der Waals surface area contributed by atoms with Gasteiger partial charge in [0.2, 0.25) is 5.95 Å². The zero-order valence-electron chi connectivity index (χ0n) is 20.7. The van der Waals surface area contributed by atoms with E-state index in [1.807, 2.05) is 16.6 Å². The molecule has 0 aliphatic carbocycles. The van der Waals surface area contributed by atoms with Crippen LogP contribution in [0.4, 0.5) is 17.3 Å². The van der Waals surface area contributed by atoms with Gasteiger partial charge in [0.25, 0.3) is 0 Å². The molecule has 0 bridgehead atoms. The van der Waals surface area contributed by atoms with E-state index in [0.717, 1.165) is 47.7 Å². The second-order valence-electron chi connectivity index (χ2n) is 9.45. The standard InChI is InChI=1S/C29H36N6/c1-2-3-18-30-26-11-6-10-24(22-26)27-12-7-13-28-32-29(33-35(27)28)31-25-16-14-23(15-17-25)9-8-21-34-19-4-5-20-34/h6-7,10-17,22,30H,2-5,8-9,18-21H2,1H3,(H,31,33). The van der Waals surface area contributed by atoms with Gasteiger partial charge in [-0.3, -0.25) is 0 Å². The SMILES string of the molecule is CCCCNc1cccc(-c2cccc3nc(Nc4ccc(CCCN5CCCC5)cc4)nn23)c1. The number of unbranched alkanes of at least 4 members (excludes halogenated alkanes) is 1. The molecule has 6 heteroatoms. The van der Waals surface area contributed by atoms with Crippen molar-refractivity contribution in [2.24, 2.45) is 0 Å². The molecule has 0 spiro atoms. The highest BCUT2D eigenvalue weighted by molar-refractivity contribution is 5.68. The number of pyridine rings is 1. The third kappa shape index (κ3) is 6.01. The van der Waals surface area contributed by atoms with Crippen molar-refractivity contribution in [3.63, 3.8) is 0 Å². The van der Waals surface area contributed by atoms with E-state index in [9.17, 15) is 0 Å². The maximum absolute atomic E-state index is 4.77. The molecule has 0 saturated carbocycles. The molecule has 2 aromatic carbocycles. The first-order chi connectivity index (χ1) is 17.3. The number of nitrogens with one attached hydrogen (secondary N) is 2. The zero-order chi connectivity index (χ0) is 23.9. The van der Waals surface area contributed by atoms with Gasteiger partial charge in [0.05, 0.1) is 5.69 Å². The number of aromatic nitrogens is 3. The van der Waals surface area contributed by atoms with E-state index in [0.29, 0.717) is 5.95 Å². The Hall–Kier alpha value is -3.38. The van der Waals surface area contributed by atoms with Crippen LogP contribution in [0.25, 0.3) is 16.9 Å². The van der Waals surface area contributed by atoms with Crippen molar-refractivity contribution in [3.05, 3.63) is 72.3 Å². The van der Waals surface area contributed by atoms with Gasteiger partial charge in [-0.2, -0.15) is 4.98 Å². The fourth-order valence-electron chi connectivity index (χ4n) is 4.77. The lowest BCUT2D eigenvalue weighted by atomic mass is 10.1. The molecule has 5 rings (SSSR count). The van der Waals surface area contributed by atoms with Crippen LogP contribution in [-0.2, 0) is 6.42 Å². The molecule has 2 aromatic heterocycles. The van der Waals surface area contributed by atoms with E-state index < -0.39 is 0 Å². The summed E-state index contributed by atoms with van der Waals surface area (Å²) < 4.78 is 1.92. The zero-order valence-corrected chi connectivity index (χ0v) is 20.7. The normalized spacial score (nSPS) is 14.0. The van der Waals surface area contributed by atoms with Gasteiger partial charge in [0.15, 0.2) is 5.65 Å². The van der Waals surface area contributed by atoms with Crippen LogP contribution in [0.1, 0.15) is 44.6 Å². The molecule has 1 saturated heterocycles. The summed E-state index contributed by atoms with van der Waals surface area (Å²) in [5.74, 6) is 0.608. The number of fused-ring (bicyclic) bond motifs is 1. The Morgan fingerprint density at radius 2 is 1.71 bits per heavy atom. The second-order valence-corrected chi connectivity index (χ2v) is 9.45. The molecule has 3 heterocycles. The predicted octanol–water partition coefficient (Wildman–Crippen LogP) is 6.38. The molecule has 35 heavy (non-hydrogen) atoms. The summed E-state index contributed by atoms with van der Waals surface area (Å²) in [7, 11) is 0. The fourth-order valence-corrected chi connectivity index (χ4v) is 4.77. The van der Waals surface area contributed by atoms with Crippen LogP contribution >= 0.6 is 0 Å². The minimum atomic E-state index is 0.608. The minimum absolute atomic E-state index is 0.608. The smallest absolute Gasteiger partial charge is 0.247 e. The number of rotatable bonds is 11. The van der Waals surface area contributed by atoms with E-state index in [1.165, 1.54) is 50.9 Å². The van der Waals surface area contributed by atoms with Crippen LogP contribution < -0.4 is 10.6 Å². The average Bonchev–Trinajstić information content (AvgIpc) is 3.55. The van der Waals surface area contributed by atoms with Crippen molar-refractivity contribution in [1.29, 1.82) is 0 Å². The lowest BCUT2D eigenvalue weighted by Gasteiger charge is -2.14. The lowest BCUT2D eigenvalue weighted by Crippen LogP contribution is -2.20. The first-order valence-electron chi connectivity index (χ1n) is 13.1. The van der Waals surface area contributed by atoms with Crippen molar-refractivity contribution in [2.75, 3.05) is 36.8 Å². The van der Waals surface area contributed by atoms with Gasteiger partial charge < -0.3 is 15.5 Å². The summed E-state index contributed by atoms with van der Waals surface area (Å²) >= 11 is 0. The molecule has 0 atom stereocenters. The van der Waals surface area contributed by atoms with E-state index in [2.05, 4.69) is 77.1 Å². The molecule has 1 aliphatic heterocycles. The summed E-state index contributed by atoms with van der Waals surface area (Å²) in [6.45, 7) is 6.96. The Bertz CT molecular complexity index is 1220. The average molecular weight is 469 g/mol.